The highest BCUT2D eigenvalue weighted by Crippen LogP contribution is 2.15. The molecule has 0 aliphatic rings. The van der Waals surface area contributed by atoms with E-state index in [1.807, 2.05) is 6.07 Å². The highest BCUT2D eigenvalue weighted by molar-refractivity contribution is 6.30. The van der Waals surface area contributed by atoms with Crippen LogP contribution >= 0.6 is 11.6 Å². The molecule has 1 N–H and O–H groups in total. The molecule has 2 aromatic rings. The molecule has 2 amide bonds. The molecule has 0 fully saturated rings. The zero-order chi connectivity index (χ0) is 17.4. The maximum absolute atomic E-state index is 12.5. The summed E-state index contributed by atoms with van der Waals surface area (Å²) in [7, 11) is 1.32. The minimum absolute atomic E-state index is 0.116. The third-order valence-electron chi connectivity index (χ3n) is 3.29. The minimum Gasteiger partial charge on any atom is -0.469 e. The zero-order valence-corrected chi connectivity index (χ0v) is 14.0. The number of methoxy groups -OCH3 is 1. The number of aromatic nitrogens is 1. The van der Waals surface area contributed by atoms with Gasteiger partial charge < -0.3 is 15.0 Å². The van der Waals surface area contributed by atoms with Gasteiger partial charge in [-0.3, -0.25) is 9.78 Å². The number of ether oxygens (including phenoxy) is 1. The van der Waals surface area contributed by atoms with E-state index < -0.39 is 0 Å². The maximum Gasteiger partial charge on any atom is 0.322 e. The largest absolute Gasteiger partial charge is 0.469 e. The van der Waals surface area contributed by atoms with E-state index >= 15 is 0 Å². The van der Waals surface area contributed by atoms with Gasteiger partial charge in [0.2, 0.25) is 0 Å². The van der Waals surface area contributed by atoms with Crippen molar-refractivity contribution in [1.29, 1.82) is 0 Å². The van der Waals surface area contributed by atoms with Gasteiger partial charge in [0.25, 0.3) is 0 Å². The number of benzene rings is 1. The van der Waals surface area contributed by atoms with E-state index in [9.17, 15) is 9.59 Å². The molecular formula is C17H18ClN3O3. The van der Waals surface area contributed by atoms with Crippen LogP contribution in [0.25, 0.3) is 0 Å². The number of hydrogen-bond donors (Lipinski definition) is 1. The molecule has 1 aromatic carbocycles. The van der Waals surface area contributed by atoms with Crippen molar-refractivity contribution in [3.05, 3.63) is 59.4 Å². The number of esters is 1. The van der Waals surface area contributed by atoms with Gasteiger partial charge >= 0.3 is 12.0 Å². The summed E-state index contributed by atoms with van der Waals surface area (Å²) in [5.41, 5.74) is 1.49. The summed E-state index contributed by atoms with van der Waals surface area (Å²) in [6, 6.07) is 10.2. The van der Waals surface area contributed by atoms with Crippen LogP contribution in [-0.4, -0.2) is 35.5 Å². The van der Waals surface area contributed by atoms with Crippen LogP contribution in [0.2, 0.25) is 5.02 Å². The average Bonchev–Trinajstić information content (AvgIpc) is 2.61. The number of carbonyl (C=O) groups is 2. The summed E-state index contributed by atoms with van der Waals surface area (Å²) in [5.74, 6) is -0.370. The van der Waals surface area contributed by atoms with Crippen LogP contribution in [0.3, 0.4) is 0 Å². The Morgan fingerprint density at radius 2 is 2.00 bits per heavy atom. The Morgan fingerprint density at radius 3 is 2.62 bits per heavy atom. The van der Waals surface area contributed by atoms with Crippen molar-refractivity contribution in [2.24, 2.45) is 0 Å². The van der Waals surface area contributed by atoms with E-state index in [4.69, 9.17) is 11.6 Å². The second-order valence-electron chi connectivity index (χ2n) is 5.05. The SMILES string of the molecule is COC(=O)CCN(Cc1cccnc1)C(=O)Nc1ccc(Cl)cc1. The molecule has 0 aliphatic carbocycles. The first-order valence-corrected chi connectivity index (χ1v) is 7.73. The fourth-order valence-corrected chi connectivity index (χ4v) is 2.15. The van der Waals surface area contributed by atoms with Crippen molar-refractivity contribution in [1.82, 2.24) is 9.88 Å². The van der Waals surface area contributed by atoms with Crippen molar-refractivity contribution in [3.8, 4) is 0 Å². The lowest BCUT2D eigenvalue weighted by molar-refractivity contribution is -0.140. The smallest absolute Gasteiger partial charge is 0.322 e. The molecule has 0 saturated carbocycles. The lowest BCUT2D eigenvalue weighted by atomic mass is 10.2. The Labute approximate surface area is 145 Å². The van der Waals surface area contributed by atoms with Gasteiger partial charge in [0.15, 0.2) is 0 Å². The van der Waals surface area contributed by atoms with Crippen LogP contribution in [0.1, 0.15) is 12.0 Å². The molecule has 0 atom stereocenters. The van der Waals surface area contributed by atoms with Gasteiger partial charge in [-0.25, -0.2) is 4.79 Å². The number of urea groups is 1. The number of halogens is 1. The maximum atomic E-state index is 12.5. The van der Waals surface area contributed by atoms with Gasteiger partial charge in [-0.1, -0.05) is 17.7 Å². The predicted molar refractivity (Wildman–Crippen MR) is 91.8 cm³/mol. The molecule has 0 saturated heterocycles. The third-order valence-corrected chi connectivity index (χ3v) is 3.54. The lowest BCUT2D eigenvalue weighted by Gasteiger charge is -2.22. The monoisotopic (exact) mass is 347 g/mol. The standard InChI is InChI=1S/C17H18ClN3O3/c1-24-16(22)8-10-21(12-13-3-2-9-19-11-13)17(23)20-15-6-4-14(18)5-7-15/h2-7,9,11H,8,10,12H2,1H3,(H,20,23). The molecule has 6 nitrogen and oxygen atoms in total. The number of amides is 2. The average molecular weight is 348 g/mol. The second kappa shape index (κ2) is 8.88. The van der Waals surface area contributed by atoms with Crippen molar-refractivity contribution in [3.63, 3.8) is 0 Å². The number of hydrogen-bond acceptors (Lipinski definition) is 4. The highest BCUT2D eigenvalue weighted by atomic mass is 35.5. The number of pyridine rings is 1. The van der Waals surface area contributed by atoms with E-state index in [0.29, 0.717) is 17.3 Å². The highest BCUT2D eigenvalue weighted by Gasteiger charge is 2.16. The topological polar surface area (TPSA) is 71.5 Å². The van der Waals surface area contributed by atoms with Gasteiger partial charge in [0, 0.05) is 36.2 Å². The lowest BCUT2D eigenvalue weighted by Crippen LogP contribution is -2.36. The van der Waals surface area contributed by atoms with Gasteiger partial charge in [-0.15, -0.1) is 0 Å². The van der Waals surface area contributed by atoms with E-state index in [-0.39, 0.29) is 25.0 Å². The Morgan fingerprint density at radius 1 is 1.25 bits per heavy atom. The first-order valence-electron chi connectivity index (χ1n) is 7.35. The number of nitrogens with one attached hydrogen (secondary N) is 1. The van der Waals surface area contributed by atoms with Gasteiger partial charge in [-0.05, 0) is 35.9 Å². The molecule has 126 valence electrons. The zero-order valence-electron chi connectivity index (χ0n) is 13.2. The van der Waals surface area contributed by atoms with Gasteiger partial charge in [0.1, 0.15) is 0 Å². The van der Waals surface area contributed by atoms with Crippen LogP contribution in [0, 0.1) is 0 Å². The molecule has 0 unspecified atom stereocenters. The Balaban J connectivity index is 2.06. The summed E-state index contributed by atoms with van der Waals surface area (Å²) in [6.45, 7) is 0.575. The molecule has 0 aliphatic heterocycles. The summed E-state index contributed by atoms with van der Waals surface area (Å²) in [5, 5.41) is 3.38. The van der Waals surface area contributed by atoms with Crippen molar-refractivity contribution < 1.29 is 14.3 Å². The normalized spacial score (nSPS) is 10.1. The number of anilines is 1. The van der Waals surface area contributed by atoms with E-state index in [1.165, 1.54) is 12.0 Å². The van der Waals surface area contributed by atoms with Crippen molar-refractivity contribution in [2.45, 2.75) is 13.0 Å². The quantitative estimate of drug-likeness (QED) is 0.813. The van der Waals surface area contributed by atoms with Gasteiger partial charge in [-0.2, -0.15) is 0 Å². The predicted octanol–water partition coefficient (Wildman–Crippen LogP) is 3.33. The minimum atomic E-state index is -0.370. The number of rotatable bonds is 6. The fourth-order valence-electron chi connectivity index (χ4n) is 2.03. The van der Waals surface area contributed by atoms with E-state index in [0.717, 1.165) is 5.56 Å². The number of carbonyl (C=O) groups excluding carboxylic acids is 2. The molecule has 0 bridgehead atoms. The Kier molecular flexibility index (Phi) is 6.57. The third kappa shape index (κ3) is 5.55. The molecule has 1 aromatic heterocycles. The molecule has 1 heterocycles. The molecule has 7 heteroatoms. The Hall–Kier alpha value is -2.60. The van der Waals surface area contributed by atoms with Crippen LogP contribution in [-0.2, 0) is 16.1 Å². The van der Waals surface area contributed by atoms with Crippen LogP contribution in [0.5, 0.6) is 0 Å². The van der Waals surface area contributed by atoms with Crippen molar-refractivity contribution >= 4 is 29.3 Å². The summed E-state index contributed by atoms with van der Waals surface area (Å²) in [4.78, 5) is 29.5. The first-order chi connectivity index (χ1) is 11.6. The summed E-state index contributed by atoms with van der Waals surface area (Å²) < 4.78 is 4.64. The van der Waals surface area contributed by atoms with Crippen LogP contribution in [0.4, 0.5) is 10.5 Å². The number of nitrogens with zero attached hydrogens (tertiary/aromatic N) is 2. The fraction of sp³-hybridized carbons (Fsp3) is 0.235. The summed E-state index contributed by atoms with van der Waals surface area (Å²) >= 11 is 5.84. The molecule has 0 spiro atoms. The Bertz CT molecular complexity index is 677. The van der Waals surface area contributed by atoms with E-state index in [2.05, 4.69) is 15.0 Å². The van der Waals surface area contributed by atoms with Crippen LogP contribution in [0.15, 0.2) is 48.8 Å². The summed E-state index contributed by atoms with van der Waals surface area (Å²) in [6.07, 6.45) is 3.46. The molecule has 24 heavy (non-hydrogen) atoms. The molecular weight excluding hydrogens is 330 g/mol. The molecule has 2 rings (SSSR count). The first kappa shape index (κ1) is 17.7. The van der Waals surface area contributed by atoms with E-state index in [1.54, 1.807) is 42.7 Å². The van der Waals surface area contributed by atoms with Crippen molar-refractivity contribution in [2.75, 3.05) is 19.0 Å². The second-order valence-corrected chi connectivity index (χ2v) is 5.48. The van der Waals surface area contributed by atoms with Gasteiger partial charge in [0.05, 0.1) is 13.5 Å². The molecule has 0 radical (unpaired) electrons. The van der Waals surface area contributed by atoms with Crippen LogP contribution < -0.4 is 5.32 Å².